The summed E-state index contributed by atoms with van der Waals surface area (Å²) >= 11 is 0. The Morgan fingerprint density at radius 2 is 2.17 bits per heavy atom. The normalized spacial score (nSPS) is 20.7. The summed E-state index contributed by atoms with van der Waals surface area (Å²) in [4.78, 5) is 12.5. The minimum Gasteiger partial charge on any atom is -0.493 e. The summed E-state index contributed by atoms with van der Waals surface area (Å²) in [6.45, 7) is 8.09. The zero-order valence-corrected chi connectivity index (χ0v) is 15.2. The monoisotopic (exact) mass is 334 g/mol. The molecule has 2 rings (SSSR count). The van der Waals surface area contributed by atoms with Gasteiger partial charge in [-0.3, -0.25) is 4.79 Å². The summed E-state index contributed by atoms with van der Waals surface area (Å²) in [7, 11) is 1.60. The third-order valence-electron chi connectivity index (χ3n) is 4.46. The molecule has 1 aliphatic heterocycles. The number of hydrogen-bond acceptors (Lipinski definition) is 4. The van der Waals surface area contributed by atoms with Gasteiger partial charge in [0.15, 0.2) is 11.5 Å². The third kappa shape index (κ3) is 5.13. The van der Waals surface area contributed by atoms with Crippen molar-refractivity contribution >= 4 is 5.91 Å². The highest BCUT2D eigenvalue weighted by molar-refractivity contribution is 5.95. The number of carbonyl (C=O) groups is 1. The van der Waals surface area contributed by atoms with E-state index in [0.717, 1.165) is 25.8 Å². The van der Waals surface area contributed by atoms with E-state index in [1.807, 2.05) is 6.07 Å². The molecular weight excluding hydrogens is 304 g/mol. The molecule has 5 heteroatoms. The number of hydrogen-bond donors (Lipinski definition) is 2. The molecule has 0 radical (unpaired) electrons. The third-order valence-corrected chi connectivity index (χ3v) is 4.46. The fourth-order valence-electron chi connectivity index (χ4n) is 2.83. The number of ether oxygens (including phenoxy) is 2. The molecule has 0 aromatic heterocycles. The van der Waals surface area contributed by atoms with Crippen LogP contribution in [-0.4, -0.2) is 38.3 Å². The Morgan fingerprint density at radius 1 is 1.38 bits per heavy atom. The molecule has 1 saturated heterocycles. The largest absolute Gasteiger partial charge is 0.493 e. The molecule has 2 unspecified atom stereocenters. The molecule has 1 aromatic carbocycles. The molecule has 2 N–H and O–H groups in total. The van der Waals surface area contributed by atoms with Gasteiger partial charge < -0.3 is 20.1 Å². The maximum absolute atomic E-state index is 12.5. The lowest BCUT2D eigenvalue weighted by Gasteiger charge is -2.30. The summed E-state index contributed by atoms with van der Waals surface area (Å²) in [6.07, 6.45) is 3.08. The Balaban J connectivity index is 2.00. The predicted octanol–water partition coefficient (Wildman–Crippen LogP) is 2.99. The van der Waals surface area contributed by atoms with Crippen LogP contribution in [0.5, 0.6) is 11.5 Å². The first-order valence-electron chi connectivity index (χ1n) is 8.86. The van der Waals surface area contributed by atoms with Crippen LogP contribution in [0.2, 0.25) is 0 Å². The van der Waals surface area contributed by atoms with Gasteiger partial charge in [-0.05, 0) is 56.8 Å². The van der Waals surface area contributed by atoms with Crippen LogP contribution in [-0.2, 0) is 0 Å². The predicted molar refractivity (Wildman–Crippen MR) is 95.9 cm³/mol. The zero-order valence-electron chi connectivity index (χ0n) is 15.2. The van der Waals surface area contributed by atoms with E-state index in [1.54, 1.807) is 19.2 Å². The molecular formula is C19H30N2O3. The second-order valence-corrected chi connectivity index (χ2v) is 6.86. The van der Waals surface area contributed by atoms with E-state index in [1.165, 1.54) is 0 Å². The summed E-state index contributed by atoms with van der Waals surface area (Å²) < 4.78 is 11.2. The summed E-state index contributed by atoms with van der Waals surface area (Å²) in [5.41, 5.74) is 0.598. The molecule has 0 saturated carbocycles. The van der Waals surface area contributed by atoms with E-state index >= 15 is 0 Å². The average molecular weight is 334 g/mol. The van der Waals surface area contributed by atoms with E-state index in [0.29, 0.717) is 35.6 Å². The van der Waals surface area contributed by atoms with Crippen LogP contribution in [0.25, 0.3) is 0 Å². The Hall–Kier alpha value is -1.75. The fraction of sp³-hybridized carbons (Fsp3) is 0.632. The number of carbonyl (C=O) groups excluding carboxylic acids is 1. The van der Waals surface area contributed by atoms with E-state index in [4.69, 9.17) is 9.47 Å². The van der Waals surface area contributed by atoms with Crippen molar-refractivity contribution < 1.29 is 14.3 Å². The van der Waals surface area contributed by atoms with E-state index in [9.17, 15) is 4.79 Å². The highest BCUT2D eigenvalue weighted by atomic mass is 16.5. The molecule has 5 nitrogen and oxygen atoms in total. The molecule has 0 bridgehead atoms. The van der Waals surface area contributed by atoms with Gasteiger partial charge in [-0.25, -0.2) is 0 Å². The van der Waals surface area contributed by atoms with Crippen molar-refractivity contribution in [3.05, 3.63) is 23.8 Å². The Bertz CT molecular complexity index is 545. The molecule has 0 aliphatic carbocycles. The average Bonchev–Trinajstić information content (AvgIpc) is 2.56. The summed E-state index contributed by atoms with van der Waals surface area (Å²) in [5, 5.41) is 6.51. The molecule has 1 amide bonds. The van der Waals surface area contributed by atoms with Crippen LogP contribution < -0.4 is 20.1 Å². The van der Waals surface area contributed by atoms with Crippen molar-refractivity contribution in [3.63, 3.8) is 0 Å². The fourth-order valence-corrected chi connectivity index (χ4v) is 2.83. The lowest BCUT2D eigenvalue weighted by molar-refractivity contribution is 0.0919. The van der Waals surface area contributed by atoms with Crippen LogP contribution in [0.3, 0.4) is 0 Å². The number of amides is 1. The molecule has 134 valence electrons. The molecule has 1 aliphatic rings. The minimum absolute atomic E-state index is 0.0671. The molecule has 2 atom stereocenters. The van der Waals surface area contributed by atoms with Crippen LogP contribution in [0.4, 0.5) is 0 Å². The lowest BCUT2D eigenvalue weighted by atomic mass is 9.99. The molecule has 0 spiro atoms. The topological polar surface area (TPSA) is 59.6 Å². The number of benzene rings is 1. The maximum Gasteiger partial charge on any atom is 0.251 e. The highest BCUT2D eigenvalue weighted by Gasteiger charge is 2.23. The van der Waals surface area contributed by atoms with Gasteiger partial charge in [-0.1, -0.05) is 13.8 Å². The zero-order chi connectivity index (χ0) is 17.5. The number of rotatable bonds is 7. The number of methoxy groups -OCH3 is 1. The van der Waals surface area contributed by atoms with Crippen LogP contribution >= 0.6 is 0 Å². The van der Waals surface area contributed by atoms with Gasteiger partial charge in [-0.2, -0.15) is 0 Å². The van der Waals surface area contributed by atoms with Crippen LogP contribution in [0.15, 0.2) is 18.2 Å². The van der Waals surface area contributed by atoms with E-state index < -0.39 is 0 Å². The van der Waals surface area contributed by atoms with Gasteiger partial charge in [0.05, 0.1) is 13.7 Å². The second-order valence-electron chi connectivity index (χ2n) is 6.86. The minimum atomic E-state index is -0.0671. The summed E-state index contributed by atoms with van der Waals surface area (Å²) in [6, 6.07) is 5.82. The van der Waals surface area contributed by atoms with Crippen LogP contribution in [0.1, 0.15) is 50.4 Å². The van der Waals surface area contributed by atoms with Gasteiger partial charge in [0.2, 0.25) is 0 Å². The van der Waals surface area contributed by atoms with Crippen molar-refractivity contribution in [1.82, 2.24) is 10.6 Å². The molecule has 1 heterocycles. The maximum atomic E-state index is 12.5. The first-order valence-corrected chi connectivity index (χ1v) is 8.86. The number of nitrogens with one attached hydrogen (secondary N) is 2. The van der Waals surface area contributed by atoms with E-state index in [-0.39, 0.29) is 11.9 Å². The van der Waals surface area contributed by atoms with Gasteiger partial charge in [0.1, 0.15) is 0 Å². The second kappa shape index (κ2) is 8.92. The van der Waals surface area contributed by atoms with Gasteiger partial charge in [0, 0.05) is 17.6 Å². The highest BCUT2D eigenvalue weighted by Crippen LogP contribution is 2.28. The van der Waals surface area contributed by atoms with Gasteiger partial charge in [-0.15, -0.1) is 0 Å². The first kappa shape index (κ1) is 18.6. The Kier molecular flexibility index (Phi) is 6.91. The van der Waals surface area contributed by atoms with Crippen molar-refractivity contribution in [2.24, 2.45) is 5.92 Å². The SMILES string of the molecule is COc1cc(C(=O)NC2CCCNC2C)ccc1OCCC(C)C. The van der Waals surface area contributed by atoms with Crippen molar-refractivity contribution in [2.75, 3.05) is 20.3 Å². The van der Waals surface area contributed by atoms with Gasteiger partial charge in [0.25, 0.3) is 5.91 Å². The Morgan fingerprint density at radius 3 is 2.83 bits per heavy atom. The number of piperidine rings is 1. The molecule has 24 heavy (non-hydrogen) atoms. The molecule has 1 aromatic rings. The smallest absolute Gasteiger partial charge is 0.251 e. The van der Waals surface area contributed by atoms with Crippen molar-refractivity contribution in [3.8, 4) is 11.5 Å². The van der Waals surface area contributed by atoms with Crippen molar-refractivity contribution in [1.29, 1.82) is 0 Å². The summed E-state index contributed by atoms with van der Waals surface area (Å²) in [5.74, 6) is 1.80. The standard InChI is InChI=1S/C19H30N2O3/c1-13(2)9-11-24-17-8-7-15(12-18(17)23-4)19(22)21-16-6-5-10-20-14(16)3/h7-8,12-14,16,20H,5-6,9-11H2,1-4H3,(H,21,22). The van der Waals surface area contributed by atoms with Crippen molar-refractivity contribution in [2.45, 2.75) is 52.1 Å². The van der Waals surface area contributed by atoms with Gasteiger partial charge >= 0.3 is 0 Å². The van der Waals surface area contributed by atoms with Crippen LogP contribution in [0, 0.1) is 5.92 Å². The molecule has 1 fully saturated rings. The quantitative estimate of drug-likeness (QED) is 0.805. The lowest BCUT2D eigenvalue weighted by Crippen LogP contribution is -2.51. The Labute approximate surface area is 145 Å². The first-order chi connectivity index (χ1) is 11.5. The van der Waals surface area contributed by atoms with E-state index in [2.05, 4.69) is 31.4 Å².